The molecule has 0 heterocycles. The summed E-state index contributed by atoms with van der Waals surface area (Å²) in [5, 5.41) is 11.9. The number of aliphatic hydroxyl groups is 1. The molecule has 0 aliphatic heterocycles. The highest BCUT2D eigenvalue weighted by Gasteiger charge is 2.47. The number of benzene rings is 1. The molecule has 2 N–H and O–H groups in total. The number of carbonyl (C=O) groups excluding carboxylic acids is 1. The van der Waals surface area contributed by atoms with Crippen LogP contribution in [0, 0.1) is 11.6 Å². The topological polar surface area (TPSA) is 49.3 Å². The van der Waals surface area contributed by atoms with Gasteiger partial charge in [-0.3, -0.25) is 4.79 Å². The fourth-order valence-electron chi connectivity index (χ4n) is 2.63. The van der Waals surface area contributed by atoms with Crippen LogP contribution in [0.3, 0.4) is 0 Å². The summed E-state index contributed by atoms with van der Waals surface area (Å²) in [7, 11) is 0. The third-order valence-corrected chi connectivity index (χ3v) is 4.14. The molecule has 1 atom stereocenters. The van der Waals surface area contributed by atoms with Crippen molar-refractivity contribution in [1.29, 1.82) is 0 Å². The van der Waals surface area contributed by atoms with E-state index < -0.39 is 17.0 Å². The Kier molecular flexibility index (Phi) is 4.38. The van der Waals surface area contributed by atoms with Gasteiger partial charge in [0.15, 0.2) is 0 Å². The van der Waals surface area contributed by atoms with Crippen molar-refractivity contribution in [3.05, 3.63) is 35.4 Å². The van der Waals surface area contributed by atoms with Crippen molar-refractivity contribution in [3.63, 3.8) is 0 Å². The first-order valence-corrected chi connectivity index (χ1v) is 6.91. The van der Waals surface area contributed by atoms with Crippen molar-refractivity contribution < 1.29 is 18.7 Å². The summed E-state index contributed by atoms with van der Waals surface area (Å²) in [6, 6.07) is 3.01. The molecule has 0 aromatic heterocycles. The second-order valence-corrected chi connectivity index (χ2v) is 5.32. The van der Waals surface area contributed by atoms with Gasteiger partial charge in [-0.25, -0.2) is 8.78 Å². The summed E-state index contributed by atoms with van der Waals surface area (Å²) in [6.07, 6.45) is 2.52. The van der Waals surface area contributed by atoms with Gasteiger partial charge >= 0.3 is 0 Å². The van der Waals surface area contributed by atoms with Crippen LogP contribution in [0.15, 0.2) is 18.2 Å². The number of nitrogens with one attached hydrogen (secondary N) is 1. The van der Waals surface area contributed by atoms with Crippen molar-refractivity contribution in [2.45, 2.75) is 44.1 Å². The van der Waals surface area contributed by atoms with E-state index in [1.54, 1.807) is 0 Å². The Hall–Kier alpha value is -1.49. The van der Waals surface area contributed by atoms with Gasteiger partial charge in [0.25, 0.3) is 0 Å². The summed E-state index contributed by atoms with van der Waals surface area (Å²) in [5.41, 5.74) is -0.671. The third kappa shape index (κ3) is 2.54. The monoisotopic (exact) mass is 283 g/mol. The van der Waals surface area contributed by atoms with Gasteiger partial charge in [-0.2, -0.15) is 0 Å². The second-order valence-electron chi connectivity index (χ2n) is 5.32. The molecular weight excluding hydrogens is 264 g/mol. The molecule has 1 fully saturated rings. The number of aliphatic hydroxyl groups excluding tert-OH is 1. The molecule has 0 bridgehead atoms. The summed E-state index contributed by atoms with van der Waals surface area (Å²) in [6.45, 7) is 1.71. The van der Waals surface area contributed by atoms with E-state index >= 15 is 0 Å². The Morgan fingerprint density at radius 1 is 1.45 bits per heavy atom. The first-order valence-electron chi connectivity index (χ1n) is 6.91. The Labute approximate surface area is 117 Å². The molecule has 5 heteroatoms. The zero-order valence-electron chi connectivity index (χ0n) is 11.5. The molecule has 1 aromatic rings. The standard InChI is InChI=1S/C15H19F2NO2/c1-2-11(9-19)18-14(20)15(6-3-7-15)12-5-4-10(16)8-13(12)17/h4-5,8,11,19H,2-3,6-7,9H2,1H3,(H,18,20). The van der Waals surface area contributed by atoms with Crippen LogP contribution in [0.1, 0.15) is 38.2 Å². The summed E-state index contributed by atoms with van der Waals surface area (Å²) < 4.78 is 27.0. The van der Waals surface area contributed by atoms with E-state index in [2.05, 4.69) is 5.32 Å². The van der Waals surface area contributed by atoms with Gasteiger partial charge in [0, 0.05) is 11.6 Å². The normalized spacial score (nSPS) is 18.2. The average molecular weight is 283 g/mol. The summed E-state index contributed by atoms with van der Waals surface area (Å²) >= 11 is 0. The highest BCUT2D eigenvalue weighted by atomic mass is 19.1. The summed E-state index contributed by atoms with van der Waals surface area (Å²) in [5.74, 6) is -1.62. The van der Waals surface area contributed by atoms with E-state index in [-0.39, 0.29) is 24.1 Å². The molecule has 1 unspecified atom stereocenters. The van der Waals surface area contributed by atoms with Crippen molar-refractivity contribution >= 4 is 5.91 Å². The SMILES string of the molecule is CCC(CO)NC(=O)C1(c2ccc(F)cc2F)CCC1. The molecule has 1 aliphatic rings. The zero-order valence-corrected chi connectivity index (χ0v) is 11.5. The average Bonchev–Trinajstić information content (AvgIpc) is 2.37. The predicted molar refractivity (Wildman–Crippen MR) is 71.2 cm³/mol. The molecule has 1 saturated carbocycles. The lowest BCUT2D eigenvalue weighted by molar-refractivity contribution is -0.131. The summed E-state index contributed by atoms with van der Waals surface area (Å²) in [4.78, 5) is 12.4. The highest BCUT2D eigenvalue weighted by molar-refractivity contribution is 5.89. The lowest BCUT2D eigenvalue weighted by Crippen LogP contribution is -2.53. The van der Waals surface area contributed by atoms with Crippen LogP contribution >= 0.6 is 0 Å². The molecule has 110 valence electrons. The van der Waals surface area contributed by atoms with Crippen molar-refractivity contribution in [2.75, 3.05) is 6.61 Å². The van der Waals surface area contributed by atoms with E-state index in [1.807, 2.05) is 6.92 Å². The first-order chi connectivity index (χ1) is 9.53. The van der Waals surface area contributed by atoms with Crippen LogP contribution < -0.4 is 5.32 Å². The highest BCUT2D eigenvalue weighted by Crippen LogP contribution is 2.45. The van der Waals surface area contributed by atoms with E-state index in [1.165, 1.54) is 12.1 Å². The lowest BCUT2D eigenvalue weighted by atomic mass is 9.63. The minimum Gasteiger partial charge on any atom is -0.394 e. The van der Waals surface area contributed by atoms with Crippen LogP contribution in [0.2, 0.25) is 0 Å². The van der Waals surface area contributed by atoms with Gasteiger partial charge in [0.05, 0.1) is 18.1 Å². The molecule has 1 amide bonds. The quantitative estimate of drug-likeness (QED) is 0.871. The van der Waals surface area contributed by atoms with Crippen LogP contribution in [0.5, 0.6) is 0 Å². The lowest BCUT2D eigenvalue weighted by Gasteiger charge is -2.41. The maximum atomic E-state index is 14.0. The van der Waals surface area contributed by atoms with Crippen molar-refractivity contribution in [1.82, 2.24) is 5.32 Å². The number of halogens is 2. The van der Waals surface area contributed by atoms with Crippen LogP contribution in [-0.4, -0.2) is 23.7 Å². The van der Waals surface area contributed by atoms with Gasteiger partial charge in [0.1, 0.15) is 11.6 Å². The largest absolute Gasteiger partial charge is 0.394 e. The van der Waals surface area contributed by atoms with E-state index in [0.29, 0.717) is 19.3 Å². The molecule has 0 saturated heterocycles. The van der Waals surface area contributed by atoms with E-state index in [0.717, 1.165) is 12.5 Å². The van der Waals surface area contributed by atoms with Gasteiger partial charge in [-0.05, 0) is 25.3 Å². The number of amides is 1. The minimum atomic E-state index is -0.916. The molecule has 3 nitrogen and oxygen atoms in total. The van der Waals surface area contributed by atoms with Crippen LogP contribution in [0.25, 0.3) is 0 Å². The Balaban J connectivity index is 2.27. The molecule has 20 heavy (non-hydrogen) atoms. The first kappa shape index (κ1) is 14.9. The minimum absolute atomic E-state index is 0.149. The van der Waals surface area contributed by atoms with Gasteiger partial charge in [-0.1, -0.05) is 19.4 Å². The molecule has 2 rings (SSSR count). The van der Waals surface area contributed by atoms with Crippen molar-refractivity contribution in [2.24, 2.45) is 0 Å². The molecule has 1 aromatic carbocycles. The third-order valence-electron chi connectivity index (χ3n) is 4.14. The van der Waals surface area contributed by atoms with Crippen LogP contribution in [-0.2, 0) is 10.2 Å². The maximum Gasteiger partial charge on any atom is 0.231 e. The molecule has 0 spiro atoms. The van der Waals surface area contributed by atoms with E-state index in [4.69, 9.17) is 5.11 Å². The van der Waals surface area contributed by atoms with Crippen molar-refractivity contribution in [3.8, 4) is 0 Å². The smallest absolute Gasteiger partial charge is 0.231 e. The Bertz CT molecular complexity index is 497. The van der Waals surface area contributed by atoms with Crippen LogP contribution in [0.4, 0.5) is 8.78 Å². The maximum absolute atomic E-state index is 14.0. The van der Waals surface area contributed by atoms with Gasteiger partial charge in [-0.15, -0.1) is 0 Å². The van der Waals surface area contributed by atoms with Gasteiger partial charge < -0.3 is 10.4 Å². The fourth-order valence-corrected chi connectivity index (χ4v) is 2.63. The van der Waals surface area contributed by atoms with E-state index in [9.17, 15) is 13.6 Å². The zero-order chi connectivity index (χ0) is 14.8. The second kappa shape index (κ2) is 5.87. The number of carbonyl (C=O) groups is 1. The Morgan fingerprint density at radius 2 is 2.15 bits per heavy atom. The fraction of sp³-hybridized carbons (Fsp3) is 0.533. The Morgan fingerprint density at radius 3 is 2.60 bits per heavy atom. The molecule has 1 aliphatic carbocycles. The molecular formula is C15H19F2NO2. The number of rotatable bonds is 5. The number of hydrogen-bond acceptors (Lipinski definition) is 2. The number of hydrogen-bond donors (Lipinski definition) is 2. The molecule has 0 radical (unpaired) electrons. The predicted octanol–water partition coefficient (Wildman–Crippen LogP) is 2.27. The van der Waals surface area contributed by atoms with Gasteiger partial charge in [0.2, 0.25) is 5.91 Å².